The Kier molecular flexibility index (Phi) is 24.3. The number of cyclic esters (lactones) is 1. The van der Waals surface area contributed by atoms with Crippen LogP contribution in [0.1, 0.15) is 79.1 Å². The Hall–Kier alpha value is -3.44. The van der Waals surface area contributed by atoms with Crippen molar-refractivity contribution in [3.63, 3.8) is 0 Å². The Morgan fingerprint density at radius 3 is 1.82 bits per heavy atom. The van der Waals surface area contributed by atoms with E-state index in [2.05, 4.69) is 5.32 Å². The minimum Gasteiger partial charge on any atom is -0.481 e. The van der Waals surface area contributed by atoms with Crippen LogP contribution in [0.4, 0.5) is 0 Å². The van der Waals surface area contributed by atoms with E-state index >= 15 is 0 Å². The van der Waals surface area contributed by atoms with E-state index < -0.39 is 147 Å². The molecule has 3 rings (SSSR count). The van der Waals surface area contributed by atoms with Crippen LogP contribution in [0.2, 0.25) is 0 Å². The fraction of sp³-hybridized carbons (Fsp3) is 0.667. The number of carbonyl (C=O) groups is 2. The molecule has 19 atom stereocenters. The Labute approximate surface area is 387 Å². The molecule has 2 fully saturated rings. The number of carboxylic acids is 1. The van der Waals surface area contributed by atoms with E-state index in [1.165, 1.54) is 0 Å². The summed E-state index contributed by atoms with van der Waals surface area (Å²) in [5.74, 6) is -6.79. The third-order valence-electron chi connectivity index (χ3n) is 12.3. The van der Waals surface area contributed by atoms with Crippen LogP contribution in [0.25, 0.3) is 0 Å². The first-order valence-electron chi connectivity index (χ1n) is 22.8. The molecule has 5 unspecified atom stereocenters. The summed E-state index contributed by atoms with van der Waals surface area (Å²) in [6, 6.07) is -0.847. The molecule has 0 amide bonds. The van der Waals surface area contributed by atoms with Gasteiger partial charge in [-0.25, -0.2) is 0 Å². The highest BCUT2D eigenvalue weighted by molar-refractivity contribution is 5.71. The smallest absolute Gasteiger partial charge is 0.311 e. The molecule has 0 aliphatic carbocycles. The summed E-state index contributed by atoms with van der Waals surface area (Å²) in [4.78, 5) is 25.1. The van der Waals surface area contributed by atoms with Gasteiger partial charge in [0.1, 0.15) is 18.1 Å². The summed E-state index contributed by atoms with van der Waals surface area (Å²) in [6.07, 6.45) is 4.14. The van der Waals surface area contributed by atoms with Crippen LogP contribution in [0.5, 0.6) is 0 Å². The second kappa shape index (κ2) is 28.1. The Bertz CT molecular complexity index is 1680. The molecule has 2 bridgehead atoms. The average Bonchev–Trinajstić information content (AvgIpc) is 3.23. The number of esters is 1. The second-order valence-electron chi connectivity index (χ2n) is 17.8. The number of hydrogen-bond donors (Lipinski definition) is 12. The first-order valence-corrected chi connectivity index (χ1v) is 22.8. The molecule has 0 radical (unpaired) electrons. The van der Waals surface area contributed by atoms with Gasteiger partial charge in [-0.2, -0.15) is 0 Å². The molecule has 0 aromatic rings. The van der Waals surface area contributed by atoms with Gasteiger partial charge >= 0.3 is 11.9 Å². The highest BCUT2D eigenvalue weighted by Crippen LogP contribution is 2.38. The summed E-state index contributed by atoms with van der Waals surface area (Å²) in [7, 11) is 1.55. The number of allylic oxidation sites excluding steroid dienone is 12. The SMILES string of the molecule is CNC1C(O)C(C)OC(O[C@H]2/C=C/C=C/C=C/C=C/C=C/C=C/C=C/[C@H](C)[C@@H](O)[C@@H](C)[C@H](C)OC(=O)C[C@H](O)C[C@H](O)CC[C@@H](O)[C@H](O)C[C@H](O)C[C@]3(O)C[C@H](O)[C@@H](C(=O)O)[C@H](C2)O3)C1O. The lowest BCUT2D eigenvalue weighted by atomic mass is 9.82. The third-order valence-corrected chi connectivity index (χ3v) is 12.3. The number of aliphatic carboxylic acids is 1. The lowest BCUT2D eigenvalue weighted by molar-refractivity contribution is -0.309. The van der Waals surface area contributed by atoms with E-state index in [1.807, 2.05) is 31.2 Å². The van der Waals surface area contributed by atoms with Gasteiger partial charge in [-0.1, -0.05) is 98.9 Å². The van der Waals surface area contributed by atoms with Gasteiger partial charge in [0, 0.05) is 37.5 Å². The van der Waals surface area contributed by atoms with Crippen LogP contribution < -0.4 is 5.32 Å². The van der Waals surface area contributed by atoms with E-state index in [-0.39, 0.29) is 31.6 Å². The van der Waals surface area contributed by atoms with E-state index in [9.17, 15) is 65.8 Å². The Morgan fingerprint density at radius 2 is 1.24 bits per heavy atom. The molecular weight excluding hydrogens is 863 g/mol. The van der Waals surface area contributed by atoms with Crippen LogP contribution in [-0.4, -0.2) is 173 Å². The number of fused-ring (bicyclic) bond motifs is 2. The standard InChI is InChI=1S/C48H75NO17/c1-28-18-16-14-12-10-8-6-7-9-11-13-15-17-19-35(65-47-45(59)42(49-5)44(58)31(4)64-47)25-39-41(46(60)61)38(55)27-48(62,66-39)26-34(52)23-37(54)36(53)21-20-32(50)22-33(51)24-40(56)63-30(3)29(2)43(28)57/h6-19,28-39,41-45,47,49-55,57-59,62H,20-27H2,1-5H3,(H,60,61)/b7-6+,10-8+,11-9+,14-12+,15-13+,18-16+,19-17+/t28-,29-,30-,31?,32+,33+,34-,35-,36+,37+,38-,39-,41+,42?,43+,44?,45?,47?,48+/m0/s1. The van der Waals surface area contributed by atoms with Crippen molar-refractivity contribution in [1.29, 1.82) is 0 Å². The number of carbonyl (C=O) groups excluding carboxylic acids is 1. The maximum atomic E-state index is 12.6. The van der Waals surface area contributed by atoms with Crippen molar-refractivity contribution in [2.45, 2.75) is 177 Å². The first kappa shape index (κ1) is 56.9. The van der Waals surface area contributed by atoms with Crippen molar-refractivity contribution in [1.82, 2.24) is 5.32 Å². The molecule has 0 aromatic carbocycles. The number of ether oxygens (including phenoxy) is 4. The summed E-state index contributed by atoms with van der Waals surface area (Å²) in [5, 5.41) is 122. The van der Waals surface area contributed by atoms with Gasteiger partial charge in [0.05, 0.1) is 79.6 Å². The van der Waals surface area contributed by atoms with Crippen LogP contribution in [0.15, 0.2) is 85.1 Å². The van der Waals surface area contributed by atoms with Gasteiger partial charge in [0.25, 0.3) is 0 Å². The largest absolute Gasteiger partial charge is 0.481 e. The zero-order chi connectivity index (χ0) is 49.1. The highest BCUT2D eigenvalue weighted by Gasteiger charge is 2.51. The molecule has 66 heavy (non-hydrogen) atoms. The van der Waals surface area contributed by atoms with Crippen LogP contribution >= 0.6 is 0 Å². The third kappa shape index (κ3) is 18.6. The molecule has 12 N–H and O–H groups in total. The van der Waals surface area contributed by atoms with Crippen molar-refractivity contribution >= 4 is 11.9 Å². The zero-order valence-corrected chi connectivity index (χ0v) is 38.5. The molecule has 0 spiro atoms. The van der Waals surface area contributed by atoms with Crippen molar-refractivity contribution in [2.24, 2.45) is 17.8 Å². The predicted octanol–water partition coefficient (Wildman–Crippen LogP) is 0.972. The van der Waals surface area contributed by atoms with Crippen LogP contribution in [0.3, 0.4) is 0 Å². The molecule has 2 saturated heterocycles. The fourth-order valence-corrected chi connectivity index (χ4v) is 8.28. The Morgan fingerprint density at radius 1 is 0.667 bits per heavy atom. The minimum atomic E-state index is -2.32. The second-order valence-corrected chi connectivity index (χ2v) is 17.8. The van der Waals surface area contributed by atoms with Crippen molar-refractivity contribution in [2.75, 3.05) is 7.05 Å². The normalized spacial score (nSPS) is 45.0. The number of carboxylic acid groups (broad SMARTS) is 1. The first-order chi connectivity index (χ1) is 31.2. The molecule has 3 heterocycles. The van der Waals surface area contributed by atoms with Crippen molar-refractivity contribution in [3.8, 4) is 0 Å². The predicted molar refractivity (Wildman–Crippen MR) is 242 cm³/mol. The highest BCUT2D eigenvalue weighted by atomic mass is 16.7. The molecule has 3 aliphatic heterocycles. The molecule has 3 aliphatic rings. The topological polar surface area (TPSA) is 306 Å². The lowest BCUT2D eigenvalue weighted by Crippen LogP contribution is -2.62. The number of nitrogens with one attached hydrogen (secondary N) is 1. The van der Waals surface area contributed by atoms with E-state index in [0.29, 0.717) is 0 Å². The molecule has 374 valence electrons. The molecule has 0 aromatic heterocycles. The van der Waals surface area contributed by atoms with Crippen LogP contribution in [0, 0.1) is 17.8 Å². The number of rotatable bonds is 4. The van der Waals surface area contributed by atoms with E-state index in [4.69, 9.17) is 18.9 Å². The summed E-state index contributed by atoms with van der Waals surface area (Å²) in [5.41, 5.74) is 0. The number of hydrogen-bond acceptors (Lipinski definition) is 17. The van der Waals surface area contributed by atoms with Gasteiger partial charge in [0.2, 0.25) is 0 Å². The maximum Gasteiger partial charge on any atom is 0.311 e. The number of likely N-dealkylation sites (N-methyl/N-ethyl adjacent to an activating group) is 1. The average molecular weight is 938 g/mol. The Balaban J connectivity index is 1.87. The van der Waals surface area contributed by atoms with Gasteiger partial charge < -0.3 is 80.4 Å². The molecule has 0 saturated carbocycles. The van der Waals surface area contributed by atoms with Crippen LogP contribution in [-0.2, 0) is 28.5 Å². The molecule has 18 nitrogen and oxygen atoms in total. The van der Waals surface area contributed by atoms with Gasteiger partial charge in [-0.05, 0) is 40.2 Å². The summed E-state index contributed by atoms with van der Waals surface area (Å²) in [6.45, 7) is 6.81. The molecule has 18 heteroatoms. The monoisotopic (exact) mass is 938 g/mol. The van der Waals surface area contributed by atoms with Gasteiger partial charge in [-0.3, -0.25) is 9.59 Å². The van der Waals surface area contributed by atoms with Gasteiger partial charge in [0.15, 0.2) is 12.1 Å². The lowest BCUT2D eigenvalue weighted by Gasteiger charge is -2.45. The quantitative estimate of drug-likeness (QED) is 0.175. The zero-order valence-electron chi connectivity index (χ0n) is 38.5. The van der Waals surface area contributed by atoms with Crippen molar-refractivity contribution in [3.05, 3.63) is 85.1 Å². The minimum absolute atomic E-state index is 0.103. The number of aliphatic hydroxyl groups excluding tert-OH is 9. The van der Waals surface area contributed by atoms with Gasteiger partial charge in [-0.15, -0.1) is 0 Å². The fourth-order valence-electron chi connectivity index (χ4n) is 8.28. The number of aliphatic hydroxyl groups is 10. The summed E-state index contributed by atoms with van der Waals surface area (Å²) < 4.78 is 23.4. The van der Waals surface area contributed by atoms with Crippen molar-refractivity contribution < 1.29 is 84.7 Å². The van der Waals surface area contributed by atoms with E-state index in [1.54, 1.807) is 88.6 Å². The summed E-state index contributed by atoms with van der Waals surface area (Å²) >= 11 is 0. The molecular formula is C48H75NO17. The maximum absolute atomic E-state index is 12.6. The van der Waals surface area contributed by atoms with E-state index in [0.717, 1.165) is 0 Å².